The molecule has 4 aromatic heterocycles. The molecule has 0 bridgehead atoms. The molecule has 24 nitrogen and oxygen atoms in total. The minimum Gasteiger partial charge on any atom is -0.368 e. The first-order chi connectivity index (χ1) is 38.8. The van der Waals surface area contributed by atoms with Gasteiger partial charge in [0.15, 0.2) is 0 Å². The highest BCUT2D eigenvalue weighted by Crippen LogP contribution is 2.28. The quantitative estimate of drug-likeness (QED) is 0.0385. The maximum atomic E-state index is 5.99. The molecule has 0 saturated carbocycles. The predicted molar refractivity (Wildman–Crippen MR) is 340 cm³/mol. The summed E-state index contributed by atoms with van der Waals surface area (Å²) >= 11 is 47.4. The molecule has 0 aliphatic rings. The second-order valence-corrected chi connectivity index (χ2v) is 21.2. The molecule has 82 heavy (non-hydrogen) atoms. The number of nitrogens with one attached hydrogen (secondary N) is 5. The van der Waals surface area contributed by atoms with E-state index in [0.717, 1.165) is 29.5 Å². The molecule has 0 unspecified atom stereocenters. The Morgan fingerprint density at radius 2 is 0.720 bits per heavy atom. The lowest BCUT2D eigenvalue weighted by Gasteiger charge is -2.12. The molecule has 436 valence electrons. The zero-order valence-corrected chi connectivity index (χ0v) is 51.6. The van der Waals surface area contributed by atoms with Gasteiger partial charge in [0, 0.05) is 73.6 Å². The topological polar surface area (TPSA) is 329 Å². The second kappa shape index (κ2) is 31.9. The van der Waals surface area contributed by atoms with Crippen molar-refractivity contribution in [2.45, 2.75) is 39.3 Å². The van der Waals surface area contributed by atoms with E-state index in [1.165, 1.54) is 0 Å². The third kappa shape index (κ3) is 22.3. The predicted octanol–water partition coefficient (Wildman–Crippen LogP) is 10.7. The zero-order valence-electron chi connectivity index (χ0n) is 45.6. The fourth-order valence-corrected chi connectivity index (χ4v) is 7.57. The summed E-state index contributed by atoms with van der Waals surface area (Å²) < 4.78 is 0. The van der Waals surface area contributed by atoms with Crippen LogP contribution in [-0.4, -0.2) is 121 Å². The van der Waals surface area contributed by atoms with E-state index in [1.807, 2.05) is 86.5 Å². The van der Waals surface area contributed by atoms with Crippen LogP contribution in [0.3, 0.4) is 0 Å². The molecule has 0 aliphatic carbocycles. The van der Waals surface area contributed by atoms with Gasteiger partial charge >= 0.3 is 0 Å². The normalized spacial score (nSPS) is 10.5. The summed E-state index contributed by atoms with van der Waals surface area (Å²) in [6.07, 6.45) is 1.52. The number of hydrogen-bond acceptors (Lipinski definition) is 24. The fraction of sp³-hybridized carbons (Fsp3) is 0.280. The van der Waals surface area contributed by atoms with E-state index in [9.17, 15) is 0 Å². The number of halogens is 8. The molecule has 4 heterocycles. The van der Waals surface area contributed by atoms with E-state index in [4.69, 9.17) is 116 Å². The van der Waals surface area contributed by atoms with Crippen molar-refractivity contribution in [1.29, 1.82) is 0 Å². The van der Waals surface area contributed by atoms with E-state index >= 15 is 0 Å². The van der Waals surface area contributed by atoms with Gasteiger partial charge in [-0.2, -0.15) is 59.8 Å². The number of nitrogens with zero attached hydrogens (tertiary/aromatic N) is 15. The van der Waals surface area contributed by atoms with E-state index in [2.05, 4.69) is 86.4 Å². The van der Waals surface area contributed by atoms with Crippen molar-refractivity contribution in [1.82, 2.24) is 59.8 Å². The van der Waals surface area contributed by atoms with Gasteiger partial charge in [0.05, 0.1) is 40.2 Å². The van der Waals surface area contributed by atoms with Crippen LogP contribution >= 0.6 is 92.8 Å². The fourth-order valence-electron chi connectivity index (χ4n) is 6.31. The van der Waals surface area contributed by atoms with E-state index in [0.29, 0.717) is 113 Å². The number of nitrogens with two attached hydrogens (primary N) is 4. The number of anilines is 13. The smallest absolute Gasteiger partial charge is 0.233 e. The summed E-state index contributed by atoms with van der Waals surface area (Å²) in [6.45, 7) is 5.79. The highest BCUT2D eigenvalue weighted by atomic mass is 35.5. The molecule has 0 spiro atoms. The Hall–Kier alpha value is -7.16. The van der Waals surface area contributed by atoms with Crippen LogP contribution in [0, 0.1) is 0 Å². The average molecular weight is 1280 g/mol. The van der Waals surface area contributed by atoms with E-state index in [-0.39, 0.29) is 29.8 Å². The van der Waals surface area contributed by atoms with Crippen molar-refractivity contribution in [3.8, 4) is 0 Å². The summed E-state index contributed by atoms with van der Waals surface area (Å²) in [6, 6.07) is 21.9. The molecule has 4 aromatic carbocycles. The van der Waals surface area contributed by atoms with Gasteiger partial charge < -0.3 is 64.2 Å². The Kier molecular flexibility index (Phi) is 25.5. The third-order valence-corrected chi connectivity index (χ3v) is 13.1. The van der Waals surface area contributed by atoms with Crippen molar-refractivity contribution in [3.63, 3.8) is 0 Å². The Labute approximate surface area is 514 Å². The van der Waals surface area contributed by atoms with Crippen LogP contribution in [0.5, 0.6) is 0 Å². The first-order valence-corrected chi connectivity index (χ1v) is 27.4. The van der Waals surface area contributed by atoms with Crippen molar-refractivity contribution in [3.05, 3.63) is 130 Å². The van der Waals surface area contributed by atoms with Gasteiger partial charge in [-0.3, -0.25) is 0 Å². The summed E-state index contributed by atoms with van der Waals surface area (Å²) in [7, 11) is 11.0. The minimum absolute atomic E-state index is 0.140. The van der Waals surface area contributed by atoms with Crippen LogP contribution < -0.4 is 64.2 Å². The van der Waals surface area contributed by atoms with Crippen LogP contribution in [0.25, 0.3) is 0 Å². The van der Waals surface area contributed by atoms with Crippen molar-refractivity contribution in [2.24, 2.45) is 0 Å². The standard InChI is InChI=1S/C14H18Cl2N6.C13H16Cl2N6.C12H14Cl2N6.C11H12Cl2N6/c1-8(2)19-14-21-12(17)20-13(22-14)18-6-5-9-3-4-10(15)11(16)7-9;1-21(2)13-19-11(16)18-12(20-13)17-6-5-8-3-4-9(14)10(15)7-8;1-20(2)12-18-10(15)17-11(19-12)16-6-7-3-4-8(13)9(14)5-7;1-19(2)11-17-9(14)16-10(18-11)15-6-3-4-7(12)8(13)5-6/h3-4,7-8H,5-6H2,1-2H3,(H4,17,18,19,20,21,22);3-4,7H,5-6H2,1-2H3,(H3,16,17,18,19,20);3-5H,6H2,1-2H3,(H3,15,16,17,18,19);3-5H,1-2H3,(H3,14,15,16,17,18). The number of aromatic nitrogens is 12. The molecule has 0 atom stereocenters. The van der Waals surface area contributed by atoms with Crippen LogP contribution in [0.4, 0.5) is 77.1 Å². The monoisotopic (exact) mass is 1280 g/mol. The molecular weight excluding hydrogens is 1220 g/mol. The van der Waals surface area contributed by atoms with Gasteiger partial charge in [0.25, 0.3) is 0 Å². The van der Waals surface area contributed by atoms with Crippen molar-refractivity contribution in [2.75, 3.05) is 120 Å². The first-order valence-electron chi connectivity index (χ1n) is 24.4. The highest BCUT2D eigenvalue weighted by Gasteiger charge is 2.11. The SMILES string of the molecule is CC(C)Nc1nc(N)nc(NCCc2ccc(Cl)c(Cl)c2)n1.CN(C)c1nc(N)nc(NCCc2ccc(Cl)c(Cl)c2)n1.CN(C)c1nc(N)nc(NCc2ccc(Cl)c(Cl)c2)n1.CN(C)c1nc(N)nc(Nc2ccc(Cl)c(Cl)c2)n1. The molecule has 0 aliphatic heterocycles. The van der Waals surface area contributed by atoms with Crippen LogP contribution in [0.2, 0.25) is 40.2 Å². The molecule has 13 N–H and O–H groups in total. The average Bonchev–Trinajstić information content (AvgIpc) is 3.41. The molecule has 0 saturated heterocycles. The Balaban J connectivity index is 0.000000201. The maximum absolute atomic E-state index is 5.99. The number of hydrogen-bond donors (Lipinski definition) is 9. The lowest BCUT2D eigenvalue weighted by Crippen LogP contribution is -2.17. The molecule has 8 aromatic rings. The van der Waals surface area contributed by atoms with Crippen LogP contribution in [0.1, 0.15) is 30.5 Å². The summed E-state index contributed by atoms with van der Waals surface area (Å²) in [4.78, 5) is 54.5. The summed E-state index contributed by atoms with van der Waals surface area (Å²) in [5.74, 6) is 4.25. The Morgan fingerprint density at radius 3 is 1.13 bits per heavy atom. The largest absolute Gasteiger partial charge is 0.368 e. The van der Waals surface area contributed by atoms with Gasteiger partial charge in [-0.25, -0.2) is 0 Å². The van der Waals surface area contributed by atoms with Crippen molar-refractivity contribution < 1.29 is 0 Å². The van der Waals surface area contributed by atoms with Crippen LogP contribution in [-0.2, 0) is 19.4 Å². The van der Waals surface area contributed by atoms with Gasteiger partial charge in [-0.15, -0.1) is 0 Å². The van der Waals surface area contributed by atoms with Gasteiger partial charge in [0.1, 0.15) is 0 Å². The molecule has 0 amide bonds. The molecule has 8 rings (SSSR count). The van der Waals surface area contributed by atoms with E-state index < -0.39 is 0 Å². The summed E-state index contributed by atoms with van der Waals surface area (Å²) in [5, 5.41) is 19.6. The van der Waals surface area contributed by atoms with Gasteiger partial charge in [-0.05, 0) is 98.0 Å². The maximum Gasteiger partial charge on any atom is 0.233 e. The number of rotatable bonds is 18. The summed E-state index contributed by atoms with van der Waals surface area (Å²) in [5.41, 5.74) is 26.4. The number of benzene rings is 4. The van der Waals surface area contributed by atoms with Gasteiger partial charge in [-0.1, -0.05) is 111 Å². The first kappa shape index (κ1) is 65.6. The van der Waals surface area contributed by atoms with Crippen molar-refractivity contribution >= 4 is 170 Å². The lowest BCUT2D eigenvalue weighted by molar-refractivity contribution is 0.866. The number of nitrogen functional groups attached to an aromatic ring is 4. The minimum atomic E-state index is 0.140. The molecular formula is C50H60Cl8N24. The Morgan fingerprint density at radius 1 is 0.378 bits per heavy atom. The molecule has 0 fully saturated rings. The Bertz CT molecular complexity index is 3380. The zero-order chi connectivity index (χ0) is 60.2. The van der Waals surface area contributed by atoms with Gasteiger partial charge in [0.2, 0.25) is 71.4 Å². The van der Waals surface area contributed by atoms with E-state index in [1.54, 1.807) is 57.2 Å². The highest BCUT2D eigenvalue weighted by molar-refractivity contribution is 6.43. The molecule has 32 heteroatoms. The second-order valence-electron chi connectivity index (χ2n) is 18.0. The molecule has 0 radical (unpaired) electrons. The lowest BCUT2D eigenvalue weighted by atomic mass is 10.1. The van der Waals surface area contributed by atoms with Crippen LogP contribution in [0.15, 0.2) is 72.8 Å². The third-order valence-electron chi connectivity index (χ3n) is 10.2.